The molecule has 0 aromatic rings. The average molecular weight is 166 g/mol. The molecule has 4 atom stereocenters. The molecule has 2 heterocycles. The predicted octanol–water partition coefficient (Wildman–Crippen LogP) is 0.805. The highest BCUT2D eigenvalue weighted by molar-refractivity contribution is 5.96. The van der Waals surface area contributed by atoms with Crippen LogP contribution < -0.4 is 0 Å². The lowest BCUT2D eigenvalue weighted by molar-refractivity contribution is -0.119. The van der Waals surface area contributed by atoms with Crippen molar-refractivity contribution in [3.8, 4) is 0 Å². The summed E-state index contributed by atoms with van der Waals surface area (Å²) in [6, 6.07) is 0. The van der Waals surface area contributed by atoms with Crippen LogP contribution in [0.15, 0.2) is 11.8 Å². The molecule has 2 bridgehead atoms. The third-order valence-corrected chi connectivity index (χ3v) is 3.23. The van der Waals surface area contributed by atoms with Gasteiger partial charge in [0.05, 0.1) is 24.0 Å². The summed E-state index contributed by atoms with van der Waals surface area (Å²) >= 11 is 0. The van der Waals surface area contributed by atoms with E-state index in [1.54, 1.807) is 0 Å². The number of fused-ring (bicyclic) bond motifs is 5. The molecule has 3 rings (SSSR count). The first kappa shape index (κ1) is 6.66. The van der Waals surface area contributed by atoms with E-state index in [1.807, 2.05) is 0 Å². The molecule has 0 aromatic heterocycles. The predicted molar refractivity (Wildman–Crippen MR) is 40.6 cm³/mol. The van der Waals surface area contributed by atoms with Gasteiger partial charge in [-0.2, -0.15) is 0 Å². The monoisotopic (exact) mass is 166 g/mol. The van der Waals surface area contributed by atoms with Crippen molar-refractivity contribution in [2.75, 3.05) is 0 Å². The van der Waals surface area contributed by atoms with Gasteiger partial charge in [-0.3, -0.25) is 4.79 Å². The number of aliphatic hydroxyl groups is 1. The molecule has 2 aliphatic heterocycles. The minimum Gasteiger partial charge on any atom is -0.512 e. The molecule has 0 radical (unpaired) electrons. The van der Waals surface area contributed by atoms with E-state index in [4.69, 9.17) is 4.74 Å². The Morgan fingerprint density at radius 2 is 2.00 bits per heavy atom. The van der Waals surface area contributed by atoms with E-state index in [0.29, 0.717) is 0 Å². The lowest BCUT2D eigenvalue weighted by Gasteiger charge is -2.19. The van der Waals surface area contributed by atoms with Crippen molar-refractivity contribution < 1.29 is 14.6 Å². The summed E-state index contributed by atoms with van der Waals surface area (Å²) in [7, 11) is 0. The zero-order valence-corrected chi connectivity index (χ0v) is 6.56. The third-order valence-electron chi connectivity index (χ3n) is 3.23. The molecule has 2 fully saturated rings. The fourth-order valence-corrected chi connectivity index (χ4v) is 2.75. The molecule has 0 unspecified atom stereocenters. The Balaban J connectivity index is 2.03. The maximum absolute atomic E-state index is 11.3. The Bertz CT molecular complexity index is 281. The van der Waals surface area contributed by atoms with Gasteiger partial charge in [-0.25, -0.2) is 0 Å². The summed E-state index contributed by atoms with van der Waals surface area (Å²) in [5, 5.41) is 9.45. The number of hydrogen-bond acceptors (Lipinski definition) is 3. The van der Waals surface area contributed by atoms with Gasteiger partial charge in [-0.05, 0) is 12.8 Å². The standard InChI is InChI=1S/C9H10O3/c10-4-3-5(11)9-7-2-1-6(12-7)8(4)9/h3,6-10H,1-2H2/t6-,7-,8-,9+/m1/s1. The maximum Gasteiger partial charge on any atom is 0.165 e. The van der Waals surface area contributed by atoms with E-state index >= 15 is 0 Å². The van der Waals surface area contributed by atoms with Gasteiger partial charge in [0, 0.05) is 6.08 Å². The number of rotatable bonds is 0. The molecule has 0 spiro atoms. The van der Waals surface area contributed by atoms with Crippen molar-refractivity contribution in [2.24, 2.45) is 11.8 Å². The lowest BCUT2D eigenvalue weighted by Crippen LogP contribution is -2.28. The molecule has 64 valence electrons. The fourth-order valence-electron chi connectivity index (χ4n) is 2.75. The van der Waals surface area contributed by atoms with Crippen LogP contribution in [0.5, 0.6) is 0 Å². The highest BCUT2D eigenvalue weighted by Gasteiger charge is 2.56. The quantitative estimate of drug-likeness (QED) is 0.579. The molecular formula is C9H10O3. The van der Waals surface area contributed by atoms with Crippen molar-refractivity contribution in [3.63, 3.8) is 0 Å². The number of carbonyl (C=O) groups is 1. The maximum atomic E-state index is 11.3. The number of aliphatic hydroxyl groups excluding tert-OH is 1. The Kier molecular flexibility index (Phi) is 1.06. The summed E-state index contributed by atoms with van der Waals surface area (Å²) in [5.41, 5.74) is 0. The topological polar surface area (TPSA) is 46.5 Å². The van der Waals surface area contributed by atoms with Crippen LogP contribution in [0.2, 0.25) is 0 Å². The van der Waals surface area contributed by atoms with Crippen LogP contribution in [0.25, 0.3) is 0 Å². The van der Waals surface area contributed by atoms with Crippen LogP contribution in [-0.2, 0) is 9.53 Å². The van der Waals surface area contributed by atoms with Crippen LogP contribution in [0.3, 0.4) is 0 Å². The number of ketones is 1. The van der Waals surface area contributed by atoms with Gasteiger partial charge < -0.3 is 9.84 Å². The summed E-state index contributed by atoms with van der Waals surface area (Å²) < 4.78 is 5.56. The van der Waals surface area contributed by atoms with E-state index in [9.17, 15) is 9.90 Å². The normalized spacial score (nSPS) is 49.7. The van der Waals surface area contributed by atoms with E-state index in [0.717, 1.165) is 12.8 Å². The van der Waals surface area contributed by atoms with Gasteiger partial charge in [0.1, 0.15) is 5.76 Å². The van der Waals surface area contributed by atoms with Crippen LogP contribution in [0.1, 0.15) is 12.8 Å². The second-order valence-corrected chi connectivity index (χ2v) is 3.81. The molecule has 3 nitrogen and oxygen atoms in total. The van der Waals surface area contributed by atoms with Gasteiger partial charge in [0.15, 0.2) is 5.78 Å². The van der Waals surface area contributed by atoms with Gasteiger partial charge in [-0.15, -0.1) is 0 Å². The van der Waals surface area contributed by atoms with Gasteiger partial charge >= 0.3 is 0 Å². The van der Waals surface area contributed by atoms with E-state index in [-0.39, 0.29) is 35.6 Å². The molecule has 1 aliphatic carbocycles. The van der Waals surface area contributed by atoms with Gasteiger partial charge in [0.25, 0.3) is 0 Å². The second kappa shape index (κ2) is 1.91. The van der Waals surface area contributed by atoms with E-state index in [2.05, 4.69) is 0 Å². The van der Waals surface area contributed by atoms with Crippen LogP contribution in [0.4, 0.5) is 0 Å². The number of ether oxygens (including phenoxy) is 1. The summed E-state index contributed by atoms with van der Waals surface area (Å²) in [4.78, 5) is 11.3. The van der Waals surface area contributed by atoms with Crippen molar-refractivity contribution in [2.45, 2.75) is 25.0 Å². The minimum atomic E-state index is -0.0521. The lowest BCUT2D eigenvalue weighted by atomic mass is 9.80. The minimum absolute atomic E-state index is 0.00347. The third kappa shape index (κ3) is 0.591. The summed E-state index contributed by atoms with van der Waals surface area (Å²) in [6.45, 7) is 0. The molecule has 3 aliphatic rings. The SMILES string of the molecule is O=C1C=C(O)[C@H]2[C@@H]1[C@H]1CC[C@H]2O1. The number of hydrogen-bond donors (Lipinski definition) is 1. The summed E-state index contributed by atoms with van der Waals surface area (Å²) in [6.07, 6.45) is 3.56. The Morgan fingerprint density at radius 3 is 2.67 bits per heavy atom. The smallest absolute Gasteiger partial charge is 0.165 e. The second-order valence-electron chi connectivity index (χ2n) is 3.81. The Hall–Kier alpha value is -0.830. The zero-order chi connectivity index (χ0) is 8.29. The largest absolute Gasteiger partial charge is 0.512 e. The number of allylic oxidation sites excluding steroid dienone is 1. The molecule has 1 N–H and O–H groups in total. The summed E-state index contributed by atoms with van der Waals surface area (Å²) in [5.74, 6) is 0.252. The van der Waals surface area contributed by atoms with Crippen molar-refractivity contribution in [3.05, 3.63) is 11.8 Å². The van der Waals surface area contributed by atoms with Crippen LogP contribution in [0, 0.1) is 11.8 Å². The van der Waals surface area contributed by atoms with Crippen molar-refractivity contribution in [1.82, 2.24) is 0 Å². The fraction of sp³-hybridized carbons (Fsp3) is 0.667. The molecule has 0 amide bonds. The molecule has 0 saturated carbocycles. The molecule has 0 aromatic carbocycles. The Labute approximate surface area is 70.0 Å². The molecule has 12 heavy (non-hydrogen) atoms. The Morgan fingerprint density at radius 1 is 1.33 bits per heavy atom. The van der Waals surface area contributed by atoms with Gasteiger partial charge in [-0.1, -0.05) is 0 Å². The van der Waals surface area contributed by atoms with Crippen LogP contribution in [-0.4, -0.2) is 23.1 Å². The highest BCUT2D eigenvalue weighted by atomic mass is 16.5. The van der Waals surface area contributed by atoms with Crippen molar-refractivity contribution in [1.29, 1.82) is 0 Å². The van der Waals surface area contributed by atoms with Gasteiger partial charge in [0.2, 0.25) is 0 Å². The van der Waals surface area contributed by atoms with Crippen molar-refractivity contribution >= 4 is 5.78 Å². The first-order valence-corrected chi connectivity index (χ1v) is 4.37. The first-order valence-electron chi connectivity index (χ1n) is 4.37. The molecule has 2 saturated heterocycles. The van der Waals surface area contributed by atoms with E-state index in [1.165, 1.54) is 6.08 Å². The average Bonchev–Trinajstić information content (AvgIpc) is 2.64. The zero-order valence-electron chi connectivity index (χ0n) is 6.56. The van der Waals surface area contributed by atoms with E-state index < -0.39 is 0 Å². The molecular weight excluding hydrogens is 156 g/mol. The highest BCUT2D eigenvalue weighted by Crippen LogP contribution is 2.49. The van der Waals surface area contributed by atoms with Crippen LogP contribution >= 0.6 is 0 Å². The molecule has 3 heteroatoms. The number of carbonyl (C=O) groups excluding carboxylic acids is 1. The first-order chi connectivity index (χ1) is 5.77.